The normalized spacial score (nSPS) is 11.7. The standard InChI is InChI=1S/C26H22FN3OS/c1-18(26-30-25(17-32-26)21-10-6-19(14-28)7-11-21)29-15-20-8-12-23(13-9-20)31-16-22-4-2-3-5-24(22)27/h2-13,17-18,29H,15-16H2,1H3. The first-order chi connectivity index (χ1) is 15.6. The van der Waals surface area contributed by atoms with E-state index in [4.69, 9.17) is 15.0 Å². The minimum absolute atomic E-state index is 0.101. The molecule has 0 radical (unpaired) electrons. The number of hydrogen-bond donors (Lipinski definition) is 1. The van der Waals surface area contributed by atoms with E-state index in [1.165, 1.54) is 6.07 Å². The number of aromatic nitrogens is 1. The zero-order valence-corrected chi connectivity index (χ0v) is 18.4. The Balaban J connectivity index is 1.30. The molecule has 1 aromatic heterocycles. The lowest BCUT2D eigenvalue weighted by Gasteiger charge is -2.12. The second-order valence-corrected chi connectivity index (χ2v) is 8.28. The van der Waals surface area contributed by atoms with E-state index in [0.717, 1.165) is 21.8 Å². The Labute approximate surface area is 191 Å². The van der Waals surface area contributed by atoms with Crippen molar-refractivity contribution in [3.8, 4) is 23.1 Å². The van der Waals surface area contributed by atoms with Gasteiger partial charge in [-0.1, -0.05) is 42.5 Å². The van der Waals surface area contributed by atoms with Crippen LogP contribution in [-0.4, -0.2) is 4.98 Å². The number of ether oxygens (including phenoxy) is 1. The van der Waals surface area contributed by atoms with E-state index in [2.05, 4.69) is 18.3 Å². The molecular formula is C26H22FN3OS. The molecule has 0 bridgehead atoms. The Kier molecular flexibility index (Phi) is 6.90. The monoisotopic (exact) mass is 443 g/mol. The fraction of sp³-hybridized carbons (Fsp3) is 0.154. The van der Waals surface area contributed by atoms with Crippen molar-refractivity contribution in [2.24, 2.45) is 0 Å². The van der Waals surface area contributed by atoms with Crippen LogP contribution in [0, 0.1) is 17.1 Å². The summed E-state index contributed by atoms with van der Waals surface area (Å²) in [5.74, 6) is 0.448. The number of nitrogens with one attached hydrogen (secondary N) is 1. The number of benzene rings is 3. The van der Waals surface area contributed by atoms with Crippen LogP contribution in [0.2, 0.25) is 0 Å². The summed E-state index contributed by atoms with van der Waals surface area (Å²) in [6, 6.07) is 24.1. The average Bonchev–Trinajstić information content (AvgIpc) is 3.33. The van der Waals surface area contributed by atoms with Gasteiger partial charge in [0.25, 0.3) is 0 Å². The molecule has 1 atom stereocenters. The molecule has 0 fully saturated rings. The molecule has 0 amide bonds. The molecule has 4 rings (SSSR count). The fourth-order valence-electron chi connectivity index (χ4n) is 3.17. The van der Waals surface area contributed by atoms with E-state index in [1.54, 1.807) is 41.7 Å². The van der Waals surface area contributed by atoms with E-state index in [0.29, 0.717) is 23.4 Å². The molecule has 160 valence electrons. The SMILES string of the molecule is CC(NCc1ccc(OCc2ccccc2F)cc1)c1nc(-c2ccc(C#N)cc2)cs1. The van der Waals surface area contributed by atoms with Crippen LogP contribution in [0.4, 0.5) is 4.39 Å². The van der Waals surface area contributed by atoms with Crippen LogP contribution in [0.3, 0.4) is 0 Å². The smallest absolute Gasteiger partial charge is 0.129 e. The molecule has 3 aromatic carbocycles. The first kappa shape index (κ1) is 21.7. The molecule has 0 saturated carbocycles. The molecule has 4 aromatic rings. The van der Waals surface area contributed by atoms with Gasteiger partial charge in [-0.2, -0.15) is 5.26 Å². The number of hydrogen-bond acceptors (Lipinski definition) is 5. The third-order valence-corrected chi connectivity index (χ3v) is 6.12. The highest BCUT2D eigenvalue weighted by molar-refractivity contribution is 7.10. The lowest BCUT2D eigenvalue weighted by molar-refractivity contribution is 0.299. The van der Waals surface area contributed by atoms with Crippen LogP contribution < -0.4 is 10.1 Å². The van der Waals surface area contributed by atoms with Crippen LogP contribution in [0.1, 0.15) is 34.7 Å². The molecule has 0 spiro atoms. The molecule has 0 aliphatic rings. The number of nitrogens with zero attached hydrogens (tertiary/aromatic N) is 2. The first-order valence-electron chi connectivity index (χ1n) is 10.3. The van der Waals surface area contributed by atoms with Gasteiger partial charge in [-0.25, -0.2) is 9.37 Å². The molecule has 32 heavy (non-hydrogen) atoms. The van der Waals surface area contributed by atoms with Crippen LogP contribution in [0.5, 0.6) is 5.75 Å². The zero-order chi connectivity index (χ0) is 22.3. The van der Waals surface area contributed by atoms with Gasteiger partial charge >= 0.3 is 0 Å². The van der Waals surface area contributed by atoms with Gasteiger partial charge in [0.05, 0.1) is 23.4 Å². The van der Waals surface area contributed by atoms with Gasteiger partial charge in [-0.05, 0) is 42.8 Å². The maximum absolute atomic E-state index is 13.7. The molecule has 1 N–H and O–H groups in total. The lowest BCUT2D eigenvalue weighted by atomic mass is 10.1. The van der Waals surface area contributed by atoms with Crippen LogP contribution in [-0.2, 0) is 13.2 Å². The third kappa shape index (κ3) is 5.38. The van der Waals surface area contributed by atoms with Crippen molar-refractivity contribution in [3.63, 3.8) is 0 Å². The summed E-state index contributed by atoms with van der Waals surface area (Å²) in [6.45, 7) is 2.99. The van der Waals surface area contributed by atoms with Crippen molar-refractivity contribution in [2.75, 3.05) is 0 Å². The minimum Gasteiger partial charge on any atom is -0.489 e. The number of thiazole rings is 1. The third-order valence-electron chi connectivity index (χ3n) is 5.09. The second kappa shape index (κ2) is 10.2. The summed E-state index contributed by atoms with van der Waals surface area (Å²) in [5, 5.41) is 15.5. The van der Waals surface area contributed by atoms with Crippen molar-refractivity contribution in [1.82, 2.24) is 10.3 Å². The zero-order valence-electron chi connectivity index (χ0n) is 17.6. The van der Waals surface area contributed by atoms with E-state index in [1.807, 2.05) is 41.8 Å². The van der Waals surface area contributed by atoms with Gasteiger partial charge in [-0.3, -0.25) is 0 Å². The quantitative estimate of drug-likeness (QED) is 0.350. The van der Waals surface area contributed by atoms with Crippen LogP contribution in [0.15, 0.2) is 78.2 Å². The van der Waals surface area contributed by atoms with Gasteiger partial charge in [0.1, 0.15) is 23.2 Å². The lowest BCUT2D eigenvalue weighted by Crippen LogP contribution is -2.17. The van der Waals surface area contributed by atoms with Gasteiger partial charge < -0.3 is 10.1 Å². The van der Waals surface area contributed by atoms with Crippen LogP contribution >= 0.6 is 11.3 Å². The maximum Gasteiger partial charge on any atom is 0.129 e. The highest BCUT2D eigenvalue weighted by Crippen LogP contribution is 2.26. The van der Waals surface area contributed by atoms with Crippen molar-refractivity contribution in [3.05, 3.63) is 106 Å². The maximum atomic E-state index is 13.7. The van der Waals surface area contributed by atoms with E-state index < -0.39 is 0 Å². The molecule has 1 heterocycles. The van der Waals surface area contributed by atoms with E-state index >= 15 is 0 Å². The fourth-order valence-corrected chi connectivity index (χ4v) is 4.03. The summed E-state index contributed by atoms with van der Waals surface area (Å²) >= 11 is 1.62. The van der Waals surface area contributed by atoms with Crippen LogP contribution in [0.25, 0.3) is 11.3 Å². The van der Waals surface area contributed by atoms with E-state index in [9.17, 15) is 4.39 Å². The average molecular weight is 444 g/mol. The Morgan fingerprint density at radius 2 is 1.81 bits per heavy atom. The molecular weight excluding hydrogens is 421 g/mol. The summed E-state index contributed by atoms with van der Waals surface area (Å²) < 4.78 is 19.4. The molecule has 1 unspecified atom stereocenters. The first-order valence-corrected chi connectivity index (χ1v) is 11.1. The topological polar surface area (TPSA) is 57.9 Å². The Hall–Kier alpha value is -3.53. The van der Waals surface area contributed by atoms with Gasteiger partial charge in [0.2, 0.25) is 0 Å². The van der Waals surface area contributed by atoms with Crippen molar-refractivity contribution < 1.29 is 9.13 Å². The number of nitriles is 1. The summed E-state index contributed by atoms with van der Waals surface area (Å²) in [5.41, 5.74) is 4.22. The molecule has 0 aliphatic carbocycles. The van der Waals surface area contributed by atoms with E-state index in [-0.39, 0.29) is 18.5 Å². The second-order valence-electron chi connectivity index (χ2n) is 7.39. The largest absolute Gasteiger partial charge is 0.489 e. The Morgan fingerprint density at radius 3 is 2.53 bits per heavy atom. The van der Waals surface area contributed by atoms with Crippen molar-refractivity contribution >= 4 is 11.3 Å². The van der Waals surface area contributed by atoms with Gasteiger partial charge in [-0.15, -0.1) is 11.3 Å². The summed E-state index contributed by atoms with van der Waals surface area (Å²) in [6.07, 6.45) is 0. The Morgan fingerprint density at radius 1 is 1.06 bits per heavy atom. The highest BCUT2D eigenvalue weighted by Gasteiger charge is 2.11. The molecule has 6 heteroatoms. The van der Waals surface area contributed by atoms with Gasteiger partial charge in [0, 0.05) is 23.1 Å². The highest BCUT2D eigenvalue weighted by atomic mass is 32.1. The number of halogens is 1. The minimum atomic E-state index is -0.258. The summed E-state index contributed by atoms with van der Waals surface area (Å²) in [7, 11) is 0. The number of rotatable bonds is 8. The van der Waals surface area contributed by atoms with Crippen molar-refractivity contribution in [2.45, 2.75) is 26.1 Å². The molecule has 4 nitrogen and oxygen atoms in total. The van der Waals surface area contributed by atoms with Crippen molar-refractivity contribution in [1.29, 1.82) is 5.26 Å². The molecule has 0 aliphatic heterocycles. The molecule has 0 saturated heterocycles. The predicted octanol–water partition coefficient (Wildman–Crippen LogP) is 6.25. The predicted molar refractivity (Wildman–Crippen MR) is 125 cm³/mol. The summed E-state index contributed by atoms with van der Waals surface area (Å²) in [4.78, 5) is 4.75. The Bertz CT molecular complexity index is 1210. The van der Waals surface area contributed by atoms with Gasteiger partial charge in [0.15, 0.2) is 0 Å².